The van der Waals surface area contributed by atoms with Crippen LogP contribution >= 0.6 is 0 Å². The Labute approximate surface area is 151 Å². The van der Waals surface area contributed by atoms with Gasteiger partial charge in [0.2, 0.25) is 5.91 Å². The van der Waals surface area contributed by atoms with Gasteiger partial charge in [0.15, 0.2) is 0 Å². The molecule has 0 atom stereocenters. The lowest BCUT2D eigenvalue weighted by Gasteiger charge is -2.16. The second-order valence-corrected chi connectivity index (χ2v) is 6.21. The molecule has 0 bridgehead atoms. The van der Waals surface area contributed by atoms with Crippen LogP contribution in [0.4, 0.5) is 11.4 Å². The highest BCUT2D eigenvalue weighted by Crippen LogP contribution is 2.18. The number of nitrogens with zero attached hydrogens (tertiary/aromatic N) is 2. The lowest BCUT2D eigenvalue weighted by molar-refractivity contribution is -0.384. The minimum atomic E-state index is -0.485. The van der Waals surface area contributed by atoms with Crippen molar-refractivity contribution in [1.29, 1.82) is 0 Å². The zero-order chi connectivity index (χ0) is 18.5. The van der Waals surface area contributed by atoms with Crippen molar-refractivity contribution in [2.45, 2.75) is 6.54 Å². The van der Waals surface area contributed by atoms with Crippen molar-refractivity contribution >= 4 is 28.1 Å². The Kier molecular flexibility index (Phi) is 5.24. The van der Waals surface area contributed by atoms with E-state index in [9.17, 15) is 14.9 Å². The zero-order valence-electron chi connectivity index (χ0n) is 14.4. The molecule has 0 saturated heterocycles. The van der Waals surface area contributed by atoms with E-state index in [1.807, 2.05) is 24.1 Å². The van der Waals surface area contributed by atoms with Crippen LogP contribution in [-0.2, 0) is 11.3 Å². The zero-order valence-corrected chi connectivity index (χ0v) is 14.4. The molecule has 0 saturated carbocycles. The summed E-state index contributed by atoms with van der Waals surface area (Å²) in [6, 6.07) is 20.3. The molecule has 26 heavy (non-hydrogen) atoms. The molecule has 1 amide bonds. The average Bonchev–Trinajstić information content (AvgIpc) is 2.61. The van der Waals surface area contributed by atoms with Crippen LogP contribution in [0.5, 0.6) is 0 Å². The van der Waals surface area contributed by atoms with E-state index in [0.717, 1.165) is 5.56 Å². The van der Waals surface area contributed by atoms with Crippen molar-refractivity contribution in [3.63, 3.8) is 0 Å². The number of amides is 1. The maximum absolute atomic E-state index is 12.2. The lowest BCUT2D eigenvalue weighted by Crippen LogP contribution is -2.29. The van der Waals surface area contributed by atoms with Crippen LogP contribution in [0.2, 0.25) is 0 Å². The molecule has 3 aromatic carbocycles. The average molecular weight is 349 g/mol. The lowest BCUT2D eigenvalue weighted by atomic mass is 10.1. The first-order chi connectivity index (χ1) is 12.5. The van der Waals surface area contributed by atoms with Crippen LogP contribution in [0, 0.1) is 10.1 Å². The predicted octanol–water partition coefficient (Wildman–Crippen LogP) is 3.82. The molecular formula is C20H19N3O3. The number of benzene rings is 3. The topological polar surface area (TPSA) is 75.5 Å². The molecule has 0 unspecified atom stereocenters. The summed E-state index contributed by atoms with van der Waals surface area (Å²) in [5.74, 6) is -0.214. The van der Waals surface area contributed by atoms with E-state index in [4.69, 9.17) is 0 Å². The quantitative estimate of drug-likeness (QED) is 0.542. The van der Waals surface area contributed by atoms with Gasteiger partial charge in [0.1, 0.15) is 0 Å². The van der Waals surface area contributed by atoms with Gasteiger partial charge < -0.3 is 5.32 Å². The Bertz CT molecular complexity index is 956. The molecular weight excluding hydrogens is 330 g/mol. The second-order valence-electron chi connectivity index (χ2n) is 6.21. The monoisotopic (exact) mass is 349 g/mol. The fourth-order valence-corrected chi connectivity index (χ4v) is 2.85. The molecule has 0 spiro atoms. The van der Waals surface area contributed by atoms with E-state index in [0.29, 0.717) is 12.2 Å². The maximum Gasteiger partial charge on any atom is 0.271 e. The normalized spacial score (nSPS) is 10.8. The first-order valence-electron chi connectivity index (χ1n) is 8.22. The smallest absolute Gasteiger partial charge is 0.271 e. The fraction of sp³-hybridized carbons (Fsp3) is 0.150. The van der Waals surface area contributed by atoms with Crippen molar-refractivity contribution in [3.05, 3.63) is 82.4 Å². The summed E-state index contributed by atoms with van der Waals surface area (Å²) < 4.78 is 0. The largest absolute Gasteiger partial charge is 0.325 e. The number of hydrogen-bond donors (Lipinski definition) is 1. The number of carbonyl (C=O) groups excluding carboxylic acids is 1. The number of likely N-dealkylation sites (N-methyl/N-ethyl adjacent to an activating group) is 1. The van der Waals surface area contributed by atoms with Gasteiger partial charge in [-0.3, -0.25) is 19.8 Å². The summed E-state index contributed by atoms with van der Waals surface area (Å²) in [6.45, 7) is 0.822. The number of carbonyl (C=O) groups is 1. The summed E-state index contributed by atoms with van der Waals surface area (Å²) >= 11 is 0. The van der Waals surface area contributed by atoms with Crippen molar-refractivity contribution in [3.8, 4) is 0 Å². The molecule has 0 aliphatic heterocycles. The predicted molar refractivity (Wildman–Crippen MR) is 102 cm³/mol. The van der Waals surface area contributed by atoms with Gasteiger partial charge in [0, 0.05) is 24.4 Å². The third-order valence-corrected chi connectivity index (χ3v) is 4.02. The summed E-state index contributed by atoms with van der Waals surface area (Å²) in [5.41, 5.74) is 1.49. The van der Waals surface area contributed by atoms with E-state index in [1.54, 1.807) is 12.1 Å². The third-order valence-electron chi connectivity index (χ3n) is 4.02. The van der Waals surface area contributed by atoms with Gasteiger partial charge in [-0.2, -0.15) is 0 Å². The molecule has 0 fully saturated rings. The van der Waals surface area contributed by atoms with E-state index in [2.05, 4.69) is 35.6 Å². The molecule has 0 aliphatic carbocycles. The Morgan fingerprint density at radius 3 is 2.58 bits per heavy atom. The van der Waals surface area contributed by atoms with Gasteiger partial charge in [0.25, 0.3) is 5.69 Å². The van der Waals surface area contributed by atoms with Gasteiger partial charge in [-0.05, 0) is 35.5 Å². The second kappa shape index (κ2) is 7.76. The van der Waals surface area contributed by atoms with Crippen LogP contribution in [0.25, 0.3) is 10.8 Å². The molecule has 0 heterocycles. The number of anilines is 1. The number of non-ortho nitro benzene ring substituents is 1. The van der Waals surface area contributed by atoms with E-state index >= 15 is 0 Å². The number of nitro benzene ring substituents is 1. The van der Waals surface area contributed by atoms with Crippen molar-refractivity contribution in [2.24, 2.45) is 0 Å². The van der Waals surface area contributed by atoms with Gasteiger partial charge in [-0.15, -0.1) is 0 Å². The van der Waals surface area contributed by atoms with Gasteiger partial charge in [-0.25, -0.2) is 0 Å². The molecule has 132 valence electrons. The highest BCUT2D eigenvalue weighted by Gasteiger charge is 2.10. The molecule has 3 aromatic rings. The van der Waals surface area contributed by atoms with E-state index < -0.39 is 4.92 Å². The van der Waals surface area contributed by atoms with Crippen molar-refractivity contribution in [1.82, 2.24) is 4.90 Å². The Hall–Kier alpha value is -3.25. The van der Waals surface area contributed by atoms with Crippen molar-refractivity contribution < 1.29 is 9.72 Å². The highest BCUT2D eigenvalue weighted by molar-refractivity contribution is 5.92. The standard InChI is InChI=1S/C20H19N3O3/c1-22(13-15-9-10-16-5-2-3-6-17(16)11-15)14-20(24)21-18-7-4-8-19(12-18)23(25)26/h2-12H,13-14H2,1H3,(H,21,24). The Morgan fingerprint density at radius 1 is 1.04 bits per heavy atom. The van der Waals surface area contributed by atoms with E-state index in [1.165, 1.54) is 22.9 Å². The minimum Gasteiger partial charge on any atom is -0.325 e. The van der Waals surface area contributed by atoms with Gasteiger partial charge >= 0.3 is 0 Å². The summed E-state index contributed by atoms with van der Waals surface area (Å²) in [5, 5.41) is 15.8. The Balaban J connectivity index is 1.60. The SMILES string of the molecule is CN(CC(=O)Nc1cccc([N+](=O)[O-])c1)Cc1ccc2ccccc2c1. The fourth-order valence-electron chi connectivity index (χ4n) is 2.85. The molecule has 0 aromatic heterocycles. The molecule has 3 rings (SSSR count). The summed E-state index contributed by atoms with van der Waals surface area (Å²) in [7, 11) is 1.86. The summed E-state index contributed by atoms with van der Waals surface area (Å²) in [6.07, 6.45) is 0. The van der Waals surface area contributed by atoms with Crippen LogP contribution in [-0.4, -0.2) is 29.3 Å². The number of nitro groups is 1. The van der Waals surface area contributed by atoms with Gasteiger partial charge in [0.05, 0.1) is 11.5 Å². The molecule has 6 heteroatoms. The highest BCUT2D eigenvalue weighted by atomic mass is 16.6. The number of rotatable bonds is 6. The summed E-state index contributed by atoms with van der Waals surface area (Å²) in [4.78, 5) is 24.4. The number of fused-ring (bicyclic) bond motifs is 1. The van der Waals surface area contributed by atoms with Crippen LogP contribution < -0.4 is 5.32 Å². The number of nitrogens with one attached hydrogen (secondary N) is 1. The third kappa shape index (κ3) is 4.43. The molecule has 0 aliphatic rings. The maximum atomic E-state index is 12.2. The molecule has 6 nitrogen and oxygen atoms in total. The van der Waals surface area contributed by atoms with E-state index in [-0.39, 0.29) is 18.1 Å². The van der Waals surface area contributed by atoms with Crippen LogP contribution in [0.3, 0.4) is 0 Å². The Morgan fingerprint density at radius 2 is 1.81 bits per heavy atom. The van der Waals surface area contributed by atoms with Crippen molar-refractivity contribution in [2.75, 3.05) is 18.9 Å². The van der Waals surface area contributed by atoms with Crippen LogP contribution in [0.15, 0.2) is 66.7 Å². The first-order valence-corrected chi connectivity index (χ1v) is 8.22. The molecule has 0 radical (unpaired) electrons. The minimum absolute atomic E-state index is 0.0488. The number of hydrogen-bond acceptors (Lipinski definition) is 4. The van der Waals surface area contributed by atoms with Crippen LogP contribution in [0.1, 0.15) is 5.56 Å². The molecule has 1 N–H and O–H groups in total. The van der Waals surface area contributed by atoms with Gasteiger partial charge in [-0.1, -0.05) is 42.5 Å². The first kappa shape index (κ1) is 17.6.